The average Bonchev–Trinajstić information content (AvgIpc) is 2.57. The highest BCUT2D eigenvalue weighted by molar-refractivity contribution is 5.99. The second-order valence-corrected chi connectivity index (χ2v) is 4.86. The molecule has 0 spiro atoms. The van der Waals surface area contributed by atoms with Crippen molar-refractivity contribution in [3.63, 3.8) is 0 Å². The summed E-state index contributed by atoms with van der Waals surface area (Å²) in [5, 5.41) is 1.19. The summed E-state index contributed by atoms with van der Waals surface area (Å²) in [5.41, 5.74) is 11.2. The SMILES string of the molecule is Cc1c(C)n2c3c(cc(C(N)=O)cc13)CCC2. The predicted molar refractivity (Wildman–Crippen MR) is 68.3 cm³/mol. The smallest absolute Gasteiger partial charge is 0.248 e. The second-order valence-electron chi connectivity index (χ2n) is 4.86. The van der Waals surface area contributed by atoms with Gasteiger partial charge in [-0.3, -0.25) is 4.79 Å². The zero-order chi connectivity index (χ0) is 12.2. The fourth-order valence-corrected chi connectivity index (χ4v) is 2.90. The van der Waals surface area contributed by atoms with Gasteiger partial charge in [0.2, 0.25) is 5.91 Å². The molecule has 0 saturated carbocycles. The molecule has 2 aromatic rings. The number of hydrogen-bond acceptors (Lipinski definition) is 1. The number of rotatable bonds is 1. The van der Waals surface area contributed by atoms with Gasteiger partial charge in [0.15, 0.2) is 0 Å². The minimum atomic E-state index is -0.335. The number of benzene rings is 1. The van der Waals surface area contributed by atoms with Crippen LogP contribution >= 0.6 is 0 Å². The van der Waals surface area contributed by atoms with E-state index in [9.17, 15) is 4.79 Å². The van der Waals surface area contributed by atoms with Crippen molar-refractivity contribution in [3.05, 3.63) is 34.5 Å². The molecule has 88 valence electrons. The van der Waals surface area contributed by atoms with Crippen LogP contribution in [0.3, 0.4) is 0 Å². The number of carbonyl (C=O) groups is 1. The number of aryl methyl sites for hydroxylation is 3. The lowest BCUT2D eigenvalue weighted by Crippen LogP contribution is -2.13. The summed E-state index contributed by atoms with van der Waals surface area (Å²) in [6, 6.07) is 3.89. The van der Waals surface area contributed by atoms with E-state index >= 15 is 0 Å². The van der Waals surface area contributed by atoms with Crippen LogP contribution in [0.1, 0.15) is 33.6 Å². The predicted octanol–water partition coefficient (Wildman–Crippen LogP) is 2.30. The summed E-state index contributed by atoms with van der Waals surface area (Å²) in [4.78, 5) is 11.3. The van der Waals surface area contributed by atoms with Gasteiger partial charge >= 0.3 is 0 Å². The van der Waals surface area contributed by atoms with Crippen LogP contribution in [-0.2, 0) is 13.0 Å². The third-order valence-electron chi connectivity index (χ3n) is 3.92. The zero-order valence-corrected chi connectivity index (χ0v) is 10.2. The van der Waals surface area contributed by atoms with Crippen molar-refractivity contribution >= 4 is 16.8 Å². The lowest BCUT2D eigenvalue weighted by molar-refractivity contribution is 0.100. The Bertz CT molecular complexity index is 637. The van der Waals surface area contributed by atoms with E-state index < -0.39 is 0 Å². The van der Waals surface area contributed by atoms with Crippen molar-refractivity contribution in [1.82, 2.24) is 4.57 Å². The van der Waals surface area contributed by atoms with E-state index in [1.807, 2.05) is 12.1 Å². The number of aromatic nitrogens is 1. The Morgan fingerprint density at radius 3 is 2.82 bits per heavy atom. The van der Waals surface area contributed by atoms with Gasteiger partial charge in [-0.1, -0.05) is 0 Å². The summed E-state index contributed by atoms with van der Waals surface area (Å²) in [5.74, 6) is -0.335. The molecule has 1 amide bonds. The summed E-state index contributed by atoms with van der Waals surface area (Å²) < 4.78 is 2.37. The lowest BCUT2D eigenvalue weighted by atomic mass is 9.99. The van der Waals surface area contributed by atoms with Crippen LogP contribution in [0.25, 0.3) is 10.9 Å². The minimum Gasteiger partial charge on any atom is -0.366 e. The third kappa shape index (κ3) is 1.32. The van der Waals surface area contributed by atoms with Crippen LogP contribution < -0.4 is 5.73 Å². The van der Waals surface area contributed by atoms with E-state index in [1.54, 1.807) is 0 Å². The first kappa shape index (κ1) is 10.4. The molecule has 0 atom stereocenters. The van der Waals surface area contributed by atoms with Crippen LogP contribution in [0.15, 0.2) is 12.1 Å². The number of primary amides is 1. The van der Waals surface area contributed by atoms with Gasteiger partial charge in [0.25, 0.3) is 0 Å². The molecule has 2 heterocycles. The molecule has 2 N–H and O–H groups in total. The highest BCUT2D eigenvalue weighted by atomic mass is 16.1. The topological polar surface area (TPSA) is 48.0 Å². The Morgan fingerprint density at radius 1 is 1.35 bits per heavy atom. The molecule has 0 saturated heterocycles. The quantitative estimate of drug-likeness (QED) is 0.800. The van der Waals surface area contributed by atoms with Gasteiger partial charge in [0, 0.05) is 23.2 Å². The number of nitrogens with zero attached hydrogens (tertiary/aromatic N) is 1. The van der Waals surface area contributed by atoms with E-state index in [1.165, 1.54) is 27.7 Å². The van der Waals surface area contributed by atoms with E-state index in [4.69, 9.17) is 5.73 Å². The van der Waals surface area contributed by atoms with Crippen LogP contribution in [0.4, 0.5) is 0 Å². The average molecular weight is 228 g/mol. The lowest BCUT2D eigenvalue weighted by Gasteiger charge is -2.17. The number of carbonyl (C=O) groups excluding carboxylic acids is 1. The van der Waals surface area contributed by atoms with E-state index in [-0.39, 0.29) is 5.91 Å². The molecule has 0 bridgehead atoms. The molecule has 3 nitrogen and oxygen atoms in total. The maximum Gasteiger partial charge on any atom is 0.248 e. The molecule has 3 heteroatoms. The summed E-state index contributed by atoms with van der Waals surface area (Å²) in [6.45, 7) is 5.35. The maximum atomic E-state index is 11.3. The van der Waals surface area contributed by atoms with Gasteiger partial charge in [-0.05, 0) is 49.9 Å². The molecule has 17 heavy (non-hydrogen) atoms. The van der Waals surface area contributed by atoms with E-state index in [0.29, 0.717) is 5.56 Å². The van der Waals surface area contributed by atoms with Crippen LogP contribution in [0.2, 0.25) is 0 Å². The van der Waals surface area contributed by atoms with Gasteiger partial charge in [-0.25, -0.2) is 0 Å². The van der Waals surface area contributed by atoms with Crippen molar-refractivity contribution < 1.29 is 4.79 Å². The highest BCUT2D eigenvalue weighted by Gasteiger charge is 2.19. The van der Waals surface area contributed by atoms with Crippen molar-refractivity contribution in [2.75, 3.05) is 0 Å². The summed E-state index contributed by atoms with van der Waals surface area (Å²) in [6.07, 6.45) is 2.18. The van der Waals surface area contributed by atoms with Gasteiger partial charge in [-0.15, -0.1) is 0 Å². The van der Waals surface area contributed by atoms with Crippen molar-refractivity contribution in [2.45, 2.75) is 33.2 Å². The molecule has 0 aliphatic carbocycles. The molecular formula is C14H16N2O. The molecule has 1 aliphatic rings. The molecular weight excluding hydrogens is 212 g/mol. The van der Waals surface area contributed by atoms with Crippen molar-refractivity contribution in [1.29, 1.82) is 0 Å². The molecule has 1 aliphatic heterocycles. The Morgan fingerprint density at radius 2 is 2.12 bits per heavy atom. The molecule has 0 radical (unpaired) electrons. The number of hydrogen-bond donors (Lipinski definition) is 1. The van der Waals surface area contributed by atoms with Gasteiger partial charge in [0.1, 0.15) is 0 Å². The van der Waals surface area contributed by atoms with Gasteiger partial charge < -0.3 is 10.3 Å². The molecule has 1 aromatic heterocycles. The first-order chi connectivity index (χ1) is 8.09. The van der Waals surface area contributed by atoms with Gasteiger partial charge in [-0.2, -0.15) is 0 Å². The van der Waals surface area contributed by atoms with Crippen LogP contribution in [0.5, 0.6) is 0 Å². The monoisotopic (exact) mass is 228 g/mol. The Labute approximate surface area is 100 Å². The van der Waals surface area contributed by atoms with E-state index in [0.717, 1.165) is 19.4 Å². The highest BCUT2D eigenvalue weighted by Crippen LogP contribution is 2.33. The number of amides is 1. The van der Waals surface area contributed by atoms with Crippen LogP contribution in [0, 0.1) is 13.8 Å². The summed E-state index contributed by atoms with van der Waals surface area (Å²) >= 11 is 0. The molecule has 1 aromatic carbocycles. The van der Waals surface area contributed by atoms with Crippen LogP contribution in [-0.4, -0.2) is 10.5 Å². The first-order valence-electron chi connectivity index (χ1n) is 6.01. The zero-order valence-electron chi connectivity index (χ0n) is 10.2. The fourth-order valence-electron chi connectivity index (χ4n) is 2.90. The normalized spacial score (nSPS) is 14.2. The Hall–Kier alpha value is -1.77. The molecule has 0 unspecified atom stereocenters. The molecule has 3 rings (SSSR count). The number of nitrogens with two attached hydrogens (primary N) is 1. The fraction of sp³-hybridized carbons (Fsp3) is 0.357. The minimum absolute atomic E-state index is 0.335. The Balaban J connectivity index is 2.45. The largest absolute Gasteiger partial charge is 0.366 e. The maximum absolute atomic E-state index is 11.3. The summed E-state index contributed by atoms with van der Waals surface area (Å²) in [7, 11) is 0. The third-order valence-corrected chi connectivity index (χ3v) is 3.92. The van der Waals surface area contributed by atoms with Crippen molar-refractivity contribution in [2.24, 2.45) is 5.73 Å². The first-order valence-corrected chi connectivity index (χ1v) is 6.01. The Kier molecular flexibility index (Phi) is 2.05. The second kappa shape index (κ2) is 3.36. The molecule has 0 fully saturated rings. The van der Waals surface area contributed by atoms with E-state index in [2.05, 4.69) is 18.4 Å². The van der Waals surface area contributed by atoms with Crippen molar-refractivity contribution in [3.8, 4) is 0 Å². The standard InChI is InChI=1S/C14H16N2O/c1-8-9(2)16-5-3-4-10-6-11(14(15)17)7-12(8)13(10)16/h6-7H,3-5H2,1-2H3,(H2,15,17). The van der Waals surface area contributed by atoms with Gasteiger partial charge in [0.05, 0.1) is 5.52 Å².